The lowest BCUT2D eigenvalue weighted by Gasteiger charge is -2.22. The first-order valence-corrected chi connectivity index (χ1v) is 7.02. The number of nitrogens with one attached hydrogen (secondary N) is 2. The van der Waals surface area contributed by atoms with Crippen molar-refractivity contribution in [3.63, 3.8) is 0 Å². The van der Waals surface area contributed by atoms with Crippen molar-refractivity contribution >= 4 is 11.9 Å². The van der Waals surface area contributed by atoms with Gasteiger partial charge >= 0.3 is 6.03 Å². The number of hydrogen-bond acceptors (Lipinski definition) is 2. The van der Waals surface area contributed by atoms with Gasteiger partial charge in [-0.3, -0.25) is 4.79 Å². The van der Waals surface area contributed by atoms with Gasteiger partial charge in [-0.05, 0) is 30.0 Å². The maximum absolute atomic E-state index is 12.8. The lowest BCUT2D eigenvalue weighted by molar-refractivity contribution is -0.124. The highest BCUT2D eigenvalue weighted by atomic mass is 19.1. The van der Waals surface area contributed by atoms with Gasteiger partial charge in [0.05, 0.1) is 0 Å². The van der Waals surface area contributed by atoms with Crippen LogP contribution in [-0.4, -0.2) is 24.5 Å². The van der Waals surface area contributed by atoms with E-state index < -0.39 is 12.1 Å². The summed E-state index contributed by atoms with van der Waals surface area (Å²) in [4.78, 5) is 23.0. The van der Waals surface area contributed by atoms with Crippen LogP contribution in [0.4, 0.5) is 9.18 Å². The fourth-order valence-corrected chi connectivity index (χ4v) is 1.95. The molecule has 3 amide bonds. The monoisotopic (exact) mass is 295 g/mol. The average Bonchev–Trinajstić information content (AvgIpc) is 2.45. The van der Waals surface area contributed by atoms with Gasteiger partial charge in [0, 0.05) is 6.54 Å². The number of primary amides is 1. The molecule has 0 aliphatic heterocycles. The first-order chi connectivity index (χ1) is 9.93. The van der Waals surface area contributed by atoms with E-state index in [1.54, 1.807) is 12.1 Å². The number of nitrogens with two attached hydrogens (primary N) is 1. The Hall–Kier alpha value is -2.11. The molecule has 4 N–H and O–H groups in total. The van der Waals surface area contributed by atoms with E-state index in [9.17, 15) is 14.0 Å². The summed E-state index contributed by atoms with van der Waals surface area (Å²) in [5.74, 6) is -0.557. The molecule has 0 saturated heterocycles. The molecular formula is C15H22FN3O2. The zero-order valence-electron chi connectivity index (χ0n) is 12.4. The molecule has 0 bridgehead atoms. The summed E-state index contributed by atoms with van der Waals surface area (Å²) in [6, 6.07) is 4.77. The van der Waals surface area contributed by atoms with Gasteiger partial charge in [0.2, 0.25) is 5.91 Å². The first kappa shape index (κ1) is 16.9. The van der Waals surface area contributed by atoms with Gasteiger partial charge in [-0.25, -0.2) is 9.18 Å². The van der Waals surface area contributed by atoms with Crippen molar-refractivity contribution in [2.45, 2.75) is 32.7 Å². The Labute approximate surface area is 124 Å². The average molecular weight is 295 g/mol. The molecule has 1 aromatic rings. The SMILES string of the molecule is CCC(C)C(NC(N)=O)C(=O)NCCc1ccc(F)cc1. The molecule has 2 unspecified atom stereocenters. The predicted molar refractivity (Wildman–Crippen MR) is 79.1 cm³/mol. The second kappa shape index (κ2) is 8.24. The quantitative estimate of drug-likeness (QED) is 0.713. The highest BCUT2D eigenvalue weighted by Crippen LogP contribution is 2.08. The summed E-state index contributed by atoms with van der Waals surface area (Å²) in [5.41, 5.74) is 6.02. The molecule has 2 atom stereocenters. The van der Waals surface area contributed by atoms with Crippen LogP contribution in [-0.2, 0) is 11.2 Å². The summed E-state index contributed by atoms with van der Waals surface area (Å²) in [6.45, 7) is 4.23. The second-order valence-electron chi connectivity index (χ2n) is 5.04. The Morgan fingerprint density at radius 2 is 1.90 bits per heavy atom. The summed E-state index contributed by atoms with van der Waals surface area (Å²) < 4.78 is 12.8. The molecule has 0 aliphatic rings. The van der Waals surface area contributed by atoms with E-state index in [0.29, 0.717) is 13.0 Å². The van der Waals surface area contributed by atoms with Crippen LogP contribution < -0.4 is 16.4 Å². The molecule has 1 aromatic carbocycles. The van der Waals surface area contributed by atoms with Crippen molar-refractivity contribution in [2.75, 3.05) is 6.54 Å². The number of halogens is 1. The van der Waals surface area contributed by atoms with Crippen molar-refractivity contribution < 1.29 is 14.0 Å². The second-order valence-corrected chi connectivity index (χ2v) is 5.04. The van der Waals surface area contributed by atoms with Gasteiger partial charge in [-0.15, -0.1) is 0 Å². The van der Waals surface area contributed by atoms with Crippen molar-refractivity contribution in [3.05, 3.63) is 35.6 Å². The molecule has 1 rings (SSSR count). The van der Waals surface area contributed by atoms with Crippen LogP contribution in [0.1, 0.15) is 25.8 Å². The molecule has 6 heteroatoms. The number of carbonyl (C=O) groups is 2. The minimum Gasteiger partial charge on any atom is -0.354 e. The number of benzene rings is 1. The van der Waals surface area contributed by atoms with Gasteiger partial charge in [0.25, 0.3) is 0 Å². The minimum absolute atomic E-state index is 0.0108. The van der Waals surface area contributed by atoms with Crippen LogP contribution in [0, 0.1) is 11.7 Å². The zero-order valence-corrected chi connectivity index (χ0v) is 12.4. The number of urea groups is 1. The first-order valence-electron chi connectivity index (χ1n) is 7.02. The largest absolute Gasteiger partial charge is 0.354 e. The Morgan fingerprint density at radius 1 is 1.29 bits per heavy atom. The molecule has 5 nitrogen and oxygen atoms in total. The third-order valence-electron chi connectivity index (χ3n) is 3.42. The molecule has 0 heterocycles. The van der Waals surface area contributed by atoms with E-state index in [2.05, 4.69) is 10.6 Å². The Bertz CT molecular complexity index is 476. The Kier molecular flexibility index (Phi) is 6.65. The Morgan fingerprint density at radius 3 is 2.43 bits per heavy atom. The summed E-state index contributed by atoms with van der Waals surface area (Å²) in [5, 5.41) is 5.23. The smallest absolute Gasteiger partial charge is 0.312 e. The normalized spacial score (nSPS) is 13.3. The third-order valence-corrected chi connectivity index (χ3v) is 3.42. The molecule has 21 heavy (non-hydrogen) atoms. The van der Waals surface area contributed by atoms with E-state index in [1.165, 1.54) is 12.1 Å². The van der Waals surface area contributed by atoms with Gasteiger partial charge in [-0.2, -0.15) is 0 Å². The van der Waals surface area contributed by atoms with Crippen LogP contribution in [0.3, 0.4) is 0 Å². The lowest BCUT2D eigenvalue weighted by atomic mass is 9.98. The van der Waals surface area contributed by atoms with Crippen LogP contribution in [0.15, 0.2) is 24.3 Å². The Balaban J connectivity index is 2.49. The highest BCUT2D eigenvalue weighted by molar-refractivity contribution is 5.86. The molecular weight excluding hydrogens is 273 g/mol. The number of hydrogen-bond donors (Lipinski definition) is 3. The van der Waals surface area contributed by atoms with Gasteiger partial charge < -0.3 is 16.4 Å². The third kappa shape index (κ3) is 5.81. The van der Waals surface area contributed by atoms with Crippen LogP contribution in [0.25, 0.3) is 0 Å². The fraction of sp³-hybridized carbons (Fsp3) is 0.467. The van der Waals surface area contributed by atoms with E-state index in [4.69, 9.17) is 5.73 Å². The minimum atomic E-state index is -0.714. The molecule has 0 fully saturated rings. The van der Waals surface area contributed by atoms with E-state index in [0.717, 1.165) is 12.0 Å². The number of rotatable bonds is 7. The highest BCUT2D eigenvalue weighted by Gasteiger charge is 2.24. The summed E-state index contributed by atoms with van der Waals surface area (Å²) >= 11 is 0. The van der Waals surface area contributed by atoms with Crippen molar-refractivity contribution in [1.82, 2.24) is 10.6 Å². The van der Waals surface area contributed by atoms with Crippen molar-refractivity contribution in [1.29, 1.82) is 0 Å². The molecule has 0 saturated carbocycles. The standard InChI is InChI=1S/C15H22FN3O2/c1-3-10(2)13(19-15(17)21)14(20)18-9-8-11-4-6-12(16)7-5-11/h4-7,10,13H,3,8-9H2,1-2H3,(H,18,20)(H3,17,19,21). The van der Waals surface area contributed by atoms with Crippen molar-refractivity contribution in [3.8, 4) is 0 Å². The van der Waals surface area contributed by atoms with Crippen LogP contribution in [0.5, 0.6) is 0 Å². The van der Waals surface area contributed by atoms with Gasteiger partial charge in [0.15, 0.2) is 0 Å². The molecule has 0 aromatic heterocycles. The van der Waals surface area contributed by atoms with E-state index in [-0.39, 0.29) is 17.6 Å². The van der Waals surface area contributed by atoms with Crippen molar-refractivity contribution in [2.24, 2.45) is 11.7 Å². The fourth-order valence-electron chi connectivity index (χ4n) is 1.95. The van der Waals surface area contributed by atoms with E-state index >= 15 is 0 Å². The lowest BCUT2D eigenvalue weighted by Crippen LogP contribution is -2.52. The maximum atomic E-state index is 12.8. The molecule has 0 spiro atoms. The topological polar surface area (TPSA) is 84.2 Å². The maximum Gasteiger partial charge on any atom is 0.312 e. The molecule has 116 valence electrons. The van der Waals surface area contributed by atoms with E-state index in [1.807, 2.05) is 13.8 Å². The summed E-state index contributed by atoms with van der Waals surface area (Å²) in [7, 11) is 0. The zero-order chi connectivity index (χ0) is 15.8. The summed E-state index contributed by atoms with van der Waals surface area (Å²) in [6.07, 6.45) is 1.34. The van der Waals surface area contributed by atoms with Crippen LogP contribution >= 0.6 is 0 Å². The van der Waals surface area contributed by atoms with Crippen LogP contribution in [0.2, 0.25) is 0 Å². The van der Waals surface area contributed by atoms with Gasteiger partial charge in [0.1, 0.15) is 11.9 Å². The molecule has 0 aliphatic carbocycles. The number of carbonyl (C=O) groups excluding carboxylic acids is 2. The predicted octanol–water partition coefficient (Wildman–Crippen LogP) is 1.57. The van der Waals surface area contributed by atoms with Gasteiger partial charge in [-0.1, -0.05) is 32.4 Å². The molecule has 0 radical (unpaired) electrons. The number of amides is 3.